The third-order valence-corrected chi connectivity index (χ3v) is 3.73. The number of halogens is 1. The number of amides is 2. The topological polar surface area (TPSA) is 67.4 Å². The number of nitrogens with one attached hydrogen (secondary N) is 2. The molecule has 2 N–H and O–H groups in total. The summed E-state index contributed by atoms with van der Waals surface area (Å²) in [6, 6.07) is 5.27. The highest BCUT2D eigenvalue weighted by Gasteiger charge is 2.14. The molecule has 1 aromatic rings. The van der Waals surface area contributed by atoms with Gasteiger partial charge in [-0.25, -0.2) is 0 Å². The summed E-state index contributed by atoms with van der Waals surface area (Å²) in [7, 11) is 0. The highest BCUT2D eigenvalue weighted by atomic mass is 79.9. The van der Waals surface area contributed by atoms with E-state index in [-0.39, 0.29) is 11.8 Å². The van der Waals surface area contributed by atoms with Crippen molar-refractivity contribution in [2.24, 2.45) is 0 Å². The molecule has 0 aromatic heterocycles. The Balaban J connectivity index is 2.62. The van der Waals surface area contributed by atoms with Crippen molar-refractivity contribution in [3.05, 3.63) is 28.2 Å². The maximum Gasteiger partial charge on any atom is 0.273 e. The van der Waals surface area contributed by atoms with Crippen molar-refractivity contribution in [1.82, 2.24) is 10.9 Å². The molecule has 0 aliphatic rings. The Labute approximate surface area is 146 Å². The lowest BCUT2D eigenvalue weighted by atomic mass is 10.2. The highest BCUT2D eigenvalue weighted by Crippen LogP contribution is 2.23. The lowest BCUT2D eigenvalue weighted by Gasteiger charge is -2.13. The Morgan fingerprint density at radius 3 is 2.57 bits per heavy atom. The molecule has 0 atom stereocenters. The van der Waals surface area contributed by atoms with Crippen LogP contribution in [0.2, 0.25) is 0 Å². The van der Waals surface area contributed by atoms with E-state index in [0.29, 0.717) is 24.3 Å². The third-order valence-electron chi connectivity index (χ3n) is 3.23. The fourth-order valence-electron chi connectivity index (χ4n) is 2.00. The van der Waals surface area contributed by atoms with E-state index in [1.165, 1.54) is 12.8 Å². The minimum Gasteiger partial charge on any atom is -0.493 e. The molecule has 23 heavy (non-hydrogen) atoms. The molecule has 0 saturated carbocycles. The summed E-state index contributed by atoms with van der Waals surface area (Å²) < 4.78 is 6.50. The maximum atomic E-state index is 12.2. The maximum absolute atomic E-state index is 12.2. The highest BCUT2D eigenvalue weighted by molar-refractivity contribution is 9.10. The molecule has 2 amide bonds. The van der Waals surface area contributed by atoms with Gasteiger partial charge in [-0.3, -0.25) is 20.4 Å². The number of rotatable bonds is 9. The number of hydrogen-bond acceptors (Lipinski definition) is 3. The van der Waals surface area contributed by atoms with E-state index in [0.717, 1.165) is 23.7 Å². The van der Waals surface area contributed by atoms with Crippen molar-refractivity contribution in [1.29, 1.82) is 0 Å². The summed E-state index contributed by atoms with van der Waals surface area (Å²) in [5.41, 5.74) is 5.22. The predicted molar refractivity (Wildman–Crippen MR) is 94.3 cm³/mol. The van der Waals surface area contributed by atoms with Gasteiger partial charge < -0.3 is 4.74 Å². The van der Waals surface area contributed by atoms with Gasteiger partial charge in [0.1, 0.15) is 5.75 Å². The van der Waals surface area contributed by atoms with Gasteiger partial charge in [0.25, 0.3) is 5.91 Å². The molecule has 0 bridgehead atoms. The Kier molecular flexibility index (Phi) is 9.36. The minimum absolute atomic E-state index is 0.210. The van der Waals surface area contributed by atoms with E-state index in [2.05, 4.69) is 33.7 Å². The van der Waals surface area contributed by atoms with Crippen LogP contribution in [0.5, 0.6) is 5.75 Å². The van der Waals surface area contributed by atoms with Crippen molar-refractivity contribution in [3.63, 3.8) is 0 Å². The Bertz CT molecular complexity index is 521. The van der Waals surface area contributed by atoms with E-state index < -0.39 is 0 Å². The molecule has 0 aliphatic carbocycles. The van der Waals surface area contributed by atoms with Gasteiger partial charge in [-0.15, -0.1) is 0 Å². The molecule has 5 nitrogen and oxygen atoms in total. The molecule has 0 heterocycles. The van der Waals surface area contributed by atoms with E-state index >= 15 is 0 Å². The number of benzene rings is 1. The van der Waals surface area contributed by atoms with Crippen molar-refractivity contribution < 1.29 is 14.3 Å². The van der Waals surface area contributed by atoms with Gasteiger partial charge in [0.2, 0.25) is 5.91 Å². The minimum atomic E-state index is -0.390. The Morgan fingerprint density at radius 2 is 1.87 bits per heavy atom. The number of hydrazine groups is 1. The van der Waals surface area contributed by atoms with Gasteiger partial charge in [0.05, 0.1) is 12.2 Å². The number of hydrogen-bond donors (Lipinski definition) is 2. The lowest BCUT2D eigenvalue weighted by molar-refractivity contribution is -0.121. The second-order valence-corrected chi connectivity index (χ2v) is 6.22. The molecule has 0 radical (unpaired) electrons. The van der Waals surface area contributed by atoms with E-state index in [4.69, 9.17) is 4.74 Å². The molecular weight excluding hydrogens is 360 g/mol. The molecule has 0 fully saturated rings. The zero-order chi connectivity index (χ0) is 17.1. The van der Waals surface area contributed by atoms with Crippen LogP contribution in [0, 0.1) is 0 Å². The van der Waals surface area contributed by atoms with Crippen LogP contribution in [0.4, 0.5) is 0 Å². The molecular formula is C17H25BrN2O3. The third kappa shape index (κ3) is 7.50. The van der Waals surface area contributed by atoms with Crippen molar-refractivity contribution in [2.75, 3.05) is 6.61 Å². The average molecular weight is 385 g/mol. The fourth-order valence-corrected chi connectivity index (χ4v) is 2.36. The molecule has 1 rings (SSSR count). The normalized spacial score (nSPS) is 10.2. The predicted octanol–water partition coefficient (Wildman–Crippen LogP) is 3.97. The first-order valence-corrected chi connectivity index (χ1v) is 8.89. The zero-order valence-electron chi connectivity index (χ0n) is 13.8. The van der Waals surface area contributed by atoms with Crippen LogP contribution in [0.15, 0.2) is 22.7 Å². The summed E-state index contributed by atoms with van der Waals surface area (Å²) in [6.45, 7) is 4.63. The van der Waals surface area contributed by atoms with Gasteiger partial charge in [-0.1, -0.05) is 49.0 Å². The fraction of sp³-hybridized carbons (Fsp3) is 0.529. The smallest absolute Gasteiger partial charge is 0.273 e. The van der Waals surface area contributed by atoms with Gasteiger partial charge in [0, 0.05) is 10.9 Å². The van der Waals surface area contributed by atoms with Gasteiger partial charge >= 0.3 is 0 Å². The summed E-state index contributed by atoms with van der Waals surface area (Å²) in [4.78, 5) is 23.7. The number of ether oxygens (including phenoxy) is 1. The summed E-state index contributed by atoms with van der Waals surface area (Å²) in [5.74, 6) is -0.0795. The first kappa shape index (κ1) is 19.5. The monoisotopic (exact) mass is 384 g/mol. The van der Waals surface area contributed by atoms with Crippen molar-refractivity contribution in [2.45, 2.75) is 52.4 Å². The van der Waals surface area contributed by atoms with Crippen molar-refractivity contribution in [3.8, 4) is 5.75 Å². The summed E-state index contributed by atoms with van der Waals surface area (Å²) in [6.07, 6.45) is 5.52. The van der Waals surface area contributed by atoms with Crippen molar-refractivity contribution >= 4 is 27.7 Å². The van der Waals surface area contributed by atoms with Gasteiger partial charge in [0.15, 0.2) is 0 Å². The lowest BCUT2D eigenvalue weighted by Crippen LogP contribution is -2.41. The zero-order valence-corrected chi connectivity index (χ0v) is 15.4. The molecule has 0 unspecified atom stereocenters. The second-order valence-electron chi connectivity index (χ2n) is 5.30. The number of carbonyl (C=O) groups excluding carboxylic acids is 2. The van der Waals surface area contributed by atoms with E-state index in [1.807, 2.05) is 13.0 Å². The Hall–Kier alpha value is -1.56. The van der Waals surface area contributed by atoms with Crippen LogP contribution >= 0.6 is 15.9 Å². The van der Waals surface area contributed by atoms with Crippen LogP contribution in [-0.4, -0.2) is 18.4 Å². The average Bonchev–Trinajstić information content (AvgIpc) is 2.54. The number of unbranched alkanes of at least 4 members (excludes halogenated alkanes) is 3. The summed E-state index contributed by atoms with van der Waals surface area (Å²) in [5, 5.41) is 0. The first-order valence-electron chi connectivity index (χ1n) is 8.10. The Morgan fingerprint density at radius 1 is 1.09 bits per heavy atom. The van der Waals surface area contributed by atoms with E-state index in [1.54, 1.807) is 12.1 Å². The molecule has 0 saturated heterocycles. The molecule has 0 spiro atoms. The van der Waals surface area contributed by atoms with Gasteiger partial charge in [-0.05, 0) is 31.0 Å². The SMILES string of the molecule is CCCCCCOc1ccc(Br)cc1C(=O)NNC(=O)CCC. The standard InChI is InChI=1S/C17H25BrN2O3/c1-3-5-6-7-11-23-15-10-9-13(18)12-14(15)17(22)20-19-16(21)8-4-2/h9-10,12H,3-8,11H2,1-2H3,(H,19,21)(H,20,22). The largest absolute Gasteiger partial charge is 0.493 e. The summed E-state index contributed by atoms with van der Waals surface area (Å²) >= 11 is 3.35. The van der Waals surface area contributed by atoms with Crippen LogP contribution in [0.3, 0.4) is 0 Å². The molecule has 0 aliphatic heterocycles. The van der Waals surface area contributed by atoms with Crippen LogP contribution in [0.25, 0.3) is 0 Å². The molecule has 6 heteroatoms. The van der Waals surface area contributed by atoms with Gasteiger partial charge in [-0.2, -0.15) is 0 Å². The molecule has 128 valence electrons. The number of carbonyl (C=O) groups is 2. The molecule has 1 aromatic carbocycles. The quantitative estimate of drug-likeness (QED) is 0.499. The van der Waals surface area contributed by atoms with Crippen LogP contribution in [0.1, 0.15) is 62.7 Å². The first-order chi connectivity index (χ1) is 11.1. The second kappa shape index (κ2) is 11.0. The van der Waals surface area contributed by atoms with Crippen LogP contribution < -0.4 is 15.6 Å². The van der Waals surface area contributed by atoms with E-state index in [9.17, 15) is 9.59 Å². The van der Waals surface area contributed by atoms with Crippen LogP contribution in [-0.2, 0) is 4.79 Å².